The van der Waals surface area contributed by atoms with Crippen LogP contribution < -0.4 is 21.8 Å². The van der Waals surface area contributed by atoms with Crippen LogP contribution in [0.1, 0.15) is 30.0 Å². The summed E-state index contributed by atoms with van der Waals surface area (Å²) in [5.74, 6) is 14.3. The predicted octanol–water partition coefficient (Wildman–Crippen LogP) is 5.16. The van der Waals surface area contributed by atoms with E-state index < -0.39 is 0 Å². The highest BCUT2D eigenvalue weighted by molar-refractivity contribution is 7.17. The van der Waals surface area contributed by atoms with Gasteiger partial charge in [0.1, 0.15) is 23.0 Å². The standard InChI is InChI=1S/C24H25N5OS.C3H4/c1-16-4-2-3-5-20(16)22-15-31-24-21(22)12-18(13-27-24)14-30-19-9-6-17(7-10-19)8-11-23(28-25)29-26;1-3-2/h2-7,9-10,12-13,15H,8,11,14,25-26H2,1H3,(H,28,29);1H,2H3. The molecule has 2 aromatic heterocycles. The largest absolute Gasteiger partial charge is 0.489 e. The summed E-state index contributed by atoms with van der Waals surface area (Å²) >= 11 is 1.67. The zero-order valence-corrected chi connectivity index (χ0v) is 20.2. The van der Waals surface area contributed by atoms with E-state index in [1.807, 2.05) is 30.5 Å². The van der Waals surface area contributed by atoms with Crippen molar-refractivity contribution in [1.82, 2.24) is 10.4 Å². The quantitative estimate of drug-likeness (QED) is 0.114. The molecule has 0 saturated heterocycles. The number of rotatable bonds is 7. The van der Waals surface area contributed by atoms with Crippen LogP contribution in [0.2, 0.25) is 0 Å². The molecule has 0 aliphatic carbocycles. The average Bonchev–Trinajstić information content (AvgIpc) is 3.28. The van der Waals surface area contributed by atoms with Crippen molar-refractivity contribution < 1.29 is 4.74 Å². The molecule has 6 nitrogen and oxygen atoms in total. The molecule has 4 aromatic rings. The van der Waals surface area contributed by atoms with Crippen molar-refractivity contribution in [2.75, 3.05) is 0 Å². The van der Waals surface area contributed by atoms with E-state index in [9.17, 15) is 0 Å². The number of pyridine rings is 1. The van der Waals surface area contributed by atoms with Crippen molar-refractivity contribution in [3.8, 4) is 29.2 Å². The molecule has 0 aliphatic rings. The number of benzene rings is 2. The third kappa shape index (κ3) is 6.35. The Morgan fingerprint density at radius 2 is 1.88 bits per heavy atom. The second-order valence-corrected chi connectivity index (χ2v) is 8.46. The molecule has 0 aliphatic heterocycles. The topological polar surface area (TPSA) is 98.5 Å². The highest BCUT2D eigenvalue weighted by Gasteiger charge is 2.10. The molecule has 5 N–H and O–H groups in total. The van der Waals surface area contributed by atoms with E-state index in [1.165, 1.54) is 22.1 Å². The van der Waals surface area contributed by atoms with Crippen LogP contribution in [0.5, 0.6) is 5.75 Å². The number of nitrogens with zero attached hydrogens (tertiary/aromatic N) is 2. The summed E-state index contributed by atoms with van der Waals surface area (Å²) in [5, 5.41) is 6.95. The number of hydrogen-bond donors (Lipinski definition) is 3. The summed E-state index contributed by atoms with van der Waals surface area (Å²) in [6.45, 7) is 4.26. The van der Waals surface area contributed by atoms with Crippen molar-refractivity contribution in [1.29, 1.82) is 0 Å². The number of ether oxygens (including phenoxy) is 1. The van der Waals surface area contributed by atoms with Crippen LogP contribution in [0.15, 0.2) is 71.3 Å². The Balaban J connectivity index is 0.00000103. The van der Waals surface area contributed by atoms with Gasteiger partial charge in [-0.1, -0.05) is 36.4 Å². The fourth-order valence-electron chi connectivity index (χ4n) is 3.48. The van der Waals surface area contributed by atoms with Gasteiger partial charge in [0.2, 0.25) is 0 Å². The van der Waals surface area contributed by atoms with Gasteiger partial charge in [0.05, 0.1) is 0 Å². The van der Waals surface area contributed by atoms with Gasteiger partial charge in [0, 0.05) is 34.5 Å². The lowest BCUT2D eigenvalue weighted by Crippen LogP contribution is -2.31. The van der Waals surface area contributed by atoms with Crippen LogP contribution in [0, 0.1) is 19.3 Å². The maximum absolute atomic E-state index is 6.00. The van der Waals surface area contributed by atoms with Crippen LogP contribution in [-0.2, 0) is 13.0 Å². The molecule has 0 amide bonds. The summed E-state index contributed by atoms with van der Waals surface area (Å²) < 4.78 is 6.00. The Hall–Kier alpha value is -3.86. The Labute approximate surface area is 204 Å². The number of hydrazone groups is 1. The predicted molar refractivity (Wildman–Crippen MR) is 142 cm³/mol. The minimum atomic E-state index is 0.465. The van der Waals surface area contributed by atoms with Gasteiger partial charge in [-0.15, -0.1) is 23.7 Å². The van der Waals surface area contributed by atoms with Crippen LogP contribution in [0.4, 0.5) is 0 Å². The summed E-state index contributed by atoms with van der Waals surface area (Å²) in [6.07, 6.45) is 7.94. The zero-order valence-electron chi connectivity index (χ0n) is 19.4. The van der Waals surface area contributed by atoms with Gasteiger partial charge >= 0.3 is 0 Å². The molecule has 4 rings (SSSR count). The number of hydrogen-bond acceptors (Lipinski definition) is 6. The van der Waals surface area contributed by atoms with E-state index in [0.29, 0.717) is 18.9 Å². The molecule has 34 heavy (non-hydrogen) atoms. The van der Waals surface area contributed by atoms with Crippen LogP contribution in [-0.4, -0.2) is 10.8 Å². The molecule has 2 aromatic carbocycles. The molecule has 0 radical (unpaired) electrons. The van der Waals surface area contributed by atoms with Crippen LogP contribution in [0.3, 0.4) is 0 Å². The first-order chi connectivity index (χ1) is 16.6. The molecule has 2 heterocycles. The Kier molecular flexibility index (Phi) is 9.04. The van der Waals surface area contributed by atoms with Gasteiger partial charge < -0.3 is 16.0 Å². The third-order valence-corrected chi connectivity index (χ3v) is 6.13. The minimum Gasteiger partial charge on any atom is -0.489 e. The van der Waals surface area contributed by atoms with Gasteiger partial charge in [-0.25, -0.2) is 10.8 Å². The molecular formula is C27H29N5OS. The molecule has 174 valence electrons. The average molecular weight is 472 g/mol. The zero-order chi connectivity index (χ0) is 24.3. The molecule has 7 heteroatoms. The van der Waals surface area contributed by atoms with Crippen molar-refractivity contribution in [3.63, 3.8) is 0 Å². The SMILES string of the molecule is C#CC.Cc1ccccc1-c1csc2ncc(COc3ccc(CC/C(=N/N)NN)cc3)cc12. The Morgan fingerprint density at radius 3 is 2.56 bits per heavy atom. The van der Waals surface area contributed by atoms with Crippen LogP contribution >= 0.6 is 11.3 Å². The van der Waals surface area contributed by atoms with Gasteiger partial charge in [-0.2, -0.15) is 5.10 Å². The van der Waals surface area contributed by atoms with Gasteiger partial charge in [0.15, 0.2) is 0 Å². The molecule has 0 saturated carbocycles. The van der Waals surface area contributed by atoms with Crippen molar-refractivity contribution in [3.05, 3.63) is 82.9 Å². The summed E-state index contributed by atoms with van der Waals surface area (Å²) in [4.78, 5) is 5.68. The molecule has 0 unspecified atom stereocenters. The van der Waals surface area contributed by atoms with E-state index in [1.54, 1.807) is 18.3 Å². The summed E-state index contributed by atoms with van der Waals surface area (Å²) in [5.41, 5.74) is 8.43. The maximum Gasteiger partial charge on any atom is 0.136 e. The number of hydrazine groups is 1. The first-order valence-corrected chi connectivity index (χ1v) is 11.7. The summed E-state index contributed by atoms with van der Waals surface area (Å²) in [6, 6.07) is 18.6. The van der Waals surface area contributed by atoms with Gasteiger partial charge in [0.25, 0.3) is 0 Å². The van der Waals surface area contributed by atoms with E-state index in [-0.39, 0.29) is 0 Å². The molecule has 0 atom stereocenters. The smallest absolute Gasteiger partial charge is 0.136 e. The normalized spacial score (nSPS) is 10.8. The van der Waals surface area contributed by atoms with E-state index in [4.69, 9.17) is 16.4 Å². The van der Waals surface area contributed by atoms with Gasteiger partial charge in [-0.3, -0.25) is 0 Å². The number of terminal acetylenes is 1. The number of aromatic nitrogens is 1. The Bertz CT molecular complexity index is 1290. The van der Waals surface area contributed by atoms with Crippen molar-refractivity contribution >= 4 is 27.4 Å². The molecule has 0 bridgehead atoms. The lowest BCUT2D eigenvalue weighted by molar-refractivity contribution is 0.306. The third-order valence-electron chi connectivity index (χ3n) is 5.22. The van der Waals surface area contributed by atoms with Crippen LogP contribution in [0.25, 0.3) is 21.3 Å². The van der Waals surface area contributed by atoms with E-state index in [0.717, 1.165) is 28.1 Å². The molecular weight excluding hydrogens is 442 g/mol. The highest BCUT2D eigenvalue weighted by atomic mass is 32.1. The lowest BCUT2D eigenvalue weighted by Gasteiger charge is -2.09. The fraction of sp³-hybridized carbons (Fsp3) is 0.185. The second-order valence-electron chi connectivity index (χ2n) is 7.60. The number of aryl methyl sites for hydroxylation is 2. The molecule has 0 spiro atoms. The highest BCUT2D eigenvalue weighted by Crippen LogP contribution is 2.35. The number of nitrogens with one attached hydrogen (secondary N) is 1. The first-order valence-electron chi connectivity index (χ1n) is 10.8. The number of amidine groups is 1. The van der Waals surface area contributed by atoms with Gasteiger partial charge in [-0.05, 0) is 55.2 Å². The number of thiophene rings is 1. The second kappa shape index (κ2) is 12.4. The van der Waals surface area contributed by atoms with Crippen molar-refractivity contribution in [2.45, 2.75) is 33.3 Å². The monoisotopic (exact) mass is 471 g/mol. The minimum absolute atomic E-state index is 0.465. The number of nitrogens with two attached hydrogens (primary N) is 2. The van der Waals surface area contributed by atoms with E-state index in [2.05, 4.69) is 70.5 Å². The maximum atomic E-state index is 6.00. The molecule has 0 fully saturated rings. The van der Waals surface area contributed by atoms with E-state index >= 15 is 0 Å². The number of fused-ring (bicyclic) bond motifs is 1. The Morgan fingerprint density at radius 1 is 1.15 bits per heavy atom. The van der Waals surface area contributed by atoms with Crippen molar-refractivity contribution in [2.24, 2.45) is 16.8 Å². The summed E-state index contributed by atoms with van der Waals surface area (Å²) in [7, 11) is 0. The fourth-order valence-corrected chi connectivity index (χ4v) is 4.37. The first kappa shape index (κ1) is 24.8. The lowest BCUT2D eigenvalue weighted by atomic mass is 10.0.